The number of benzene rings is 1. The molecule has 0 spiro atoms. The number of hydrogen-bond acceptors (Lipinski definition) is 2. The highest BCUT2D eigenvalue weighted by atomic mass is 16.3. The molecule has 2 heteroatoms. The summed E-state index contributed by atoms with van der Waals surface area (Å²) >= 11 is 0. The largest absolute Gasteiger partial charge is 0.387 e. The molecule has 0 unspecified atom stereocenters. The smallest absolute Gasteiger partial charge is 0.138 e. The van der Waals surface area contributed by atoms with Crippen LogP contribution in [0.2, 0.25) is 0 Å². The summed E-state index contributed by atoms with van der Waals surface area (Å²) in [6, 6.07) is 9.33. The van der Waals surface area contributed by atoms with E-state index in [2.05, 4.69) is 0 Å². The molecular weight excluding hydrogens is 188 g/mol. The zero-order chi connectivity index (χ0) is 11.5. The van der Waals surface area contributed by atoms with Crippen molar-refractivity contribution in [3.63, 3.8) is 0 Å². The number of carbonyl (C=O) groups is 1. The summed E-state index contributed by atoms with van der Waals surface area (Å²) in [5.41, 5.74) is 0.124. The molecule has 0 bridgehead atoms. The number of aliphatic hydroxyl groups is 1. The van der Waals surface area contributed by atoms with Crippen LogP contribution in [0.1, 0.15) is 38.9 Å². The van der Waals surface area contributed by atoms with Crippen LogP contribution >= 0.6 is 0 Å². The van der Waals surface area contributed by atoms with Crippen LogP contribution in [0.3, 0.4) is 0 Å². The third kappa shape index (κ3) is 2.26. The number of hydrogen-bond donors (Lipinski definition) is 1. The Bertz CT molecular complexity index is 332. The predicted molar refractivity (Wildman–Crippen MR) is 60.5 cm³/mol. The molecule has 0 aromatic heterocycles. The second kappa shape index (κ2) is 4.58. The van der Waals surface area contributed by atoms with Crippen molar-refractivity contribution in [2.75, 3.05) is 0 Å². The summed E-state index contributed by atoms with van der Waals surface area (Å²) in [6.45, 7) is 5.27. The maximum absolute atomic E-state index is 11.6. The summed E-state index contributed by atoms with van der Waals surface area (Å²) in [6.07, 6.45) is -0.0838. The van der Waals surface area contributed by atoms with Gasteiger partial charge >= 0.3 is 0 Å². The number of rotatable bonds is 4. The molecule has 0 fully saturated rings. The van der Waals surface area contributed by atoms with Gasteiger partial charge in [0.05, 0.1) is 11.5 Å². The van der Waals surface area contributed by atoms with Crippen molar-refractivity contribution in [1.82, 2.24) is 0 Å². The Morgan fingerprint density at radius 1 is 1.40 bits per heavy atom. The molecule has 0 saturated heterocycles. The van der Waals surface area contributed by atoms with Crippen LogP contribution in [0.5, 0.6) is 0 Å². The molecule has 0 heterocycles. The van der Waals surface area contributed by atoms with Crippen molar-refractivity contribution in [3.8, 4) is 0 Å². The van der Waals surface area contributed by atoms with Crippen LogP contribution < -0.4 is 0 Å². The summed E-state index contributed by atoms with van der Waals surface area (Å²) < 4.78 is 0. The van der Waals surface area contributed by atoms with E-state index in [4.69, 9.17) is 0 Å². The molecule has 1 N–H and O–H groups in total. The maximum atomic E-state index is 11.6. The van der Waals surface area contributed by atoms with E-state index in [9.17, 15) is 9.90 Å². The highest BCUT2D eigenvalue weighted by Crippen LogP contribution is 2.37. The van der Waals surface area contributed by atoms with Crippen LogP contribution in [-0.4, -0.2) is 10.9 Å². The molecule has 0 radical (unpaired) electrons. The summed E-state index contributed by atoms with van der Waals surface area (Å²) in [5.74, 6) is 0.0290. The fourth-order valence-electron chi connectivity index (χ4n) is 1.64. The minimum atomic E-state index is -0.721. The van der Waals surface area contributed by atoms with Gasteiger partial charge < -0.3 is 5.11 Å². The SMILES string of the molecule is CC[C@](C)(C(C)=O)[C@@H](O)c1ccccc1. The Hall–Kier alpha value is -1.15. The predicted octanol–water partition coefficient (Wildman–Crippen LogP) is 2.73. The lowest BCUT2D eigenvalue weighted by Crippen LogP contribution is -2.32. The molecule has 1 aromatic rings. The lowest BCUT2D eigenvalue weighted by molar-refractivity contribution is -0.132. The third-order valence-electron chi connectivity index (χ3n) is 3.26. The number of Topliss-reactive ketones (excluding diaryl/α,β-unsaturated/α-hetero) is 1. The van der Waals surface area contributed by atoms with Gasteiger partial charge in [-0.05, 0) is 25.8 Å². The molecule has 0 aliphatic heterocycles. The fourth-order valence-corrected chi connectivity index (χ4v) is 1.64. The van der Waals surface area contributed by atoms with E-state index in [-0.39, 0.29) is 5.78 Å². The van der Waals surface area contributed by atoms with Crippen molar-refractivity contribution in [3.05, 3.63) is 35.9 Å². The minimum absolute atomic E-state index is 0.0290. The van der Waals surface area contributed by atoms with Crippen LogP contribution in [0, 0.1) is 5.41 Å². The monoisotopic (exact) mass is 206 g/mol. The normalized spacial score (nSPS) is 16.8. The molecule has 1 aromatic carbocycles. The molecule has 0 saturated carbocycles. The first-order valence-electron chi connectivity index (χ1n) is 5.26. The Kier molecular flexibility index (Phi) is 3.64. The van der Waals surface area contributed by atoms with E-state index in [0.717, 1.165) is 5.56 Å². The van der Waals surface area contributed by atoms with E-state index in [1.807, 2.05) is 44.2 Å². The average molecular weight is 206 g/mol. The van der Waals surface area contributed by atoms with Crippen molar-refractivity contribution in [2.45, 2.75) is 33.3 Å². The van der Waals surface area contributed by atoms with Gasteiger partial charge in [-0.2, -0.15) is 0 Å². The molecule has 0 aliphatic rings. The Balaban J connectivity index is 3.02. The molecule has 15 heavy (non-hydrogen) atoms. The molecule has 82 valence electrons. The Morgan fingerprint density at radius 3 is 2.33 bits per heavy atom. The zero-order valence-electron chi connectivity index (χ0n) is 9.53. The average Bonchev–Trinajstić information content (AvgIpc) is 2.28. The van der Waals surface area contributed by atoms with E-state index >= 15 is 0 Å². The van der Waals surface area contributed by atoms with Crippen molar-refractivity contribution in [2.24, 2.45) is 5.41 Å². The standard InChI is InChI=1S/C13H18O2/c1-4-13(3,10(2)14)12(15)11-8-6-5-7-9-11/h5-9,12,15H,4H2,1-3H3/t12-,13+/m0/s1. The first kappa shape index (κ1) is 11.9. The van der Waals surface area contributed by atoms with Gasteiger partial charge in [-0.1, -0.05) is 37.3 Å². The third-order valence-corrected chi connectivity index (χ3v) is 3.26. The van der Waals surface area contributed by atoms with Gasteiger partial charge in [0.1, 0.15) is 5.78 Å². The van der Waals surface area contributed by atoms with Gasteiger partial charge in [-0.3, -0.25) is 4.79 Å². The second-order valence-corrected chi connectivity index (χ2v) is 4.14. The van der Waals surface area contributed by atoms with Crippen molar-refractivity contribution < 1.29 is 9.90 Å². The minimum Gasteiger partial charge on any atom is -0.387 e. The molecule has 2 nitrogen and oxygen atoms in total. The van der Waals surface area contributed by atoms with Crippen LogP contribution in [-0.2, 0) is 4.79 Å². The number of carbonyl (C=O) groups excluding carboxylic acids is 1. The summed E-state index contributed by atoms with van der Waals surface area (Å²) in [5, 5.41) is 10.2. The maximum Gasteiger partial charge on any atom is 0.138 e. The summed E-state index contributed by atoms with van der Waals surface area (Å²) in [4.78, 5) is 11.6. The number of ketones is 1. The van der Waals surface area contributed by atoms with Gasteiger partial charge in [0, 0.05) is 0 Å². The molecule has 2 atom stereocenters. The Morgan fingerprint density at radius 2 is 1.93 bits per heavy atom. The van der Waals surface area contributed by atoms with Crippen molar-refractivity contribution in [1.29, 1.82) is 0 Å². The van der Waals surface area contributed by atoms with E-state index in [1.165, 1.54) is 6.92 Å². The van der Waals surface area contributed by atoms with Crippen LogP contribution in [0.15, 0.2) is 30.3 Å². The molecule has 0 amide bonds. The molecule has 1 rings (SSSR count). The fraction of sp³-hybridized carbons (Fsp3) is 0.462. The topological polar surface area (TPSA) is 37.3 Å². The number of aliphatic hydroxyl groups excluding tert-OH is 1. The van der Waals surface area contributed by atoms with E-state index < -0.39 is 11.5 Å². The van der Waals surface area contributed by atoms with E-state index in [0.29, 0.717) is 6.42 Å². The van der Waals surface area contributed by atoms with Gasteiger partial charge in [0.25, 0.3) is 0 Å². The van der Waals surface area contributed by atoms with Crippen LogP contribution in [0.4, 0.5) is 0 Å². The van der Waals surface area contributed by atoms with Gasteiger partial charge in [-0.25, -0.2) is 0 Å². The second-order valence-electron chi connectivity index (χ2n) is 4.14. The first-order valence-corrected chi connectivity index (χ1v) is 5.26. The molecular formula is C13H18O2. The highest BCUT2D eigenvalue weighted by Gasteiger charge is 2.36. The van der Waals surface area contributed by atoms with E-state index in [1.54, 1.807) is 0 Å². The lowest BCUT2D eigenvalue weighted by Gasteiger charge is -2.31. The quantitative estimate of drug-likeness (QED) is 0.822. The first-order chi connectivity index (χ1) is 7.02. The highest BCUT2D eigenvalue weighted by molar-refractivity contribution is 5.82. The van der Waals surface area contributed by atoms with Crippen LogP contribution in [0.25, 0.3) is 0 Å². The van der Waals surface area contributed by atoms with Gasteiger partial charge in [-0.15, -0.1) is 0 Å². The summed E-state index contributed by atoms with van der Waals surface area (Å²) in [7, 11) is 0. The van der Waals surface area contributed by atoms with Crippen molar-refractivity contribution >= 4 is 5.78 Å². The Labute approximate surface area is 90.9 Å². The van der Waals surface area contributed by atoms with Gasteiger partial charge in [0.15, 0.2) is 0 Å². The van der Waals surface area contributed by atoms with Gasteiger partial charge in [0.2, 0.25) is 0 Å². The lowest BCUT2D eigenvalue weighted by atomic mass is 9.75. The zero-order valence-corrected chi connectivity index (χ0v) is 9.53. The molecule has 0 aliphatic carbocycles.